The molecule has 1 fully saturated rings. The average molecular weight is 187 g/mol. The number of carbonyl (C=O) groups excluding carboxylic acids is 1. The van der Waals surface area contributed by atoms with Crippen molar-refractivity contribution < 1.29 is 14.7 Å². The average Bonchev–Trinajstić information content (AvgIpc) is 2.35. The largest absolute Gasteiger partial charge is 0.465 e. The second-order valence-electron chi connectivity index (χ2n) is 3.73. The Kier molecular flexibility index (Phi) is 2.93. The molecule has 0 radical (unpaired) electrons. The lowest BCUT2D eigenvalue weighted by Gasteiger charge is -2.29. The normalized spacial score (nSPS) is 34.9. The lowest BCUT2D eigenvalue weighted by Crippen LogP contribution is -2.49. The summed E-state index contributed by atoms with van der Waals surface area (Å²) in [6, 6.07) is 0.0365. The van der Waals surface area contributed by atoms with E-state index in [4.69, 9.17) is 4.74 Å². The number of nitrogens with zero attached hydrogens (tertiary/aromatic N) is 1. The molecule has 0 aromatic carbocycles. The van der Waals surface area contributed by atoms with Crippen molar-refractivity contribution in [3.05, 3.63) is 0 Å². The van der Waals surface area contributed by atoms with Crippen LogP contribution in [0.2, 0.25) is 0 Å². The number of rotatable bonds is 2. The van der Waals surface area contributed by atoms with Crippen molar-refractivity contribution in [3.8, 4) is 0 Å². The molecule has 0 aromatic rings. The Morgan fingerprint density at radius 2 is 2.38 bits per heavy atom. The predicted octanol–water partition coefficient (Wildman–Crippen LogP) is 1.18. The summed E-state index contributed by atoms with van der Waals surface area (Å²) >= 11 is 0. The second-order valence-corrected chi connectivity index (χ2v) is 3.73. The van der Waals surface area contributed by atoms with Crippen LogP contribution in [0, 0.1) is 0 Å². The number of ether oxygens (including phenoxy) is 1. The first-order valence-corrected chi connectivity index (χ1v) is 4.67. The number of carbonyl (C=O) groups is 1. The molecule has 4 nitrogen and oxygen atoms in total. The molecule has 4 heteroatoms. The van der Waals surface area contributed by atoms with Gasteiger partial charge in [0.25, 0.3) is 0 Å². The second kappa shape index (κ2) is 3.64. The fraction of sp³-hybridized carbons (Fsp3) is 0.889. The number of hydrogen-bond donors (Lipinski definition) is 1. The van der Waals surface area contributed by atoms with Crippen LogP contribution in [-0.4, -0.2) is 34.4 Å². The maximum Gasteiger partial charge on any atom is 0.328 e. The van der Waals surface area contributed by atoms with Gasteiger partial charge in [0, 0.05) is 6.04 Å². The molecule has 1 N–H and O–H groups in total. The topological polar surface area (TPSA) is 49.8 Å². The molecule has 1 rings (SSSR count). The van der Waals surface area contributed by atoms with E-state index in [1.807, 2.05) is 6.92 Å². The van der Waals surface area contributed by atoms with E-state index < -0.39 is 5.54 Å². The molecule has 0 spiro atoms. The van der Waals surface area contributed by atoms with Gasteiger partial charge in [-0.1, -0.05) is 0 Å². The highest BCUT2D eigenvalue weighted by Crippen LogP contribution is 2.32. The standard InChI is InChI=1S/C9H17NO3/c1-4-13-8(11)9(3)6-5-7(2)10(9)12/h7,12H,4-6H2,1-3H3/t7-,9-/m1/s1. The van der Waals surface area contributed by atoms with Gasteiger partial charge in [-0.25, -0.2) is 4.79 Å². The molecule has 13 heavy (non-hydrogen) atoms. The summed E-state index contributed by atoms with van der Waals surface area (Å²) in [5.74, 6) is -0.332. The summed E-state index contributed by atoms with van der Waals surface area (Å²) in [6.07, 6.45) is 1.48. The molecule has 1 saturated heterocycles. The molecular weight excluding hydrogens is 170 g/mol. The van der Waals surface area contributed by atoms with Crippen LogP contribution in [0.1, 0.15) is 33.6 Å². The third-order valence-corrected chi connectivity index (χ3v) is 2.69. The van der Waals surface area contributed by atoms with Crippen molar-refractivity contribution in [2.24, 2.45) is 0 Å². The summed E-state index contributed by atoms with van der Waals surface area (Å²) in [5, 5.41) is 10.8. The molecule has 0 aliphatic carbocycles. The first kappa shape index (κ1) is 10.5. The highest BCUT2D eigenvalue weighted by molar-refractivity contribution is 5.80. The van der Waals surface area contributed by atoms with Crippen molar-refractivity contribution in [2.75, 3.05) is 6.61 Å². The maximum absolute atomic E-state index is 11.5. The SMILES string of the molecule is CCOC(=O)[C@@]1(C)CC[C@@H](C)N1O. The van der Waals surface area contributed by atoms with Crippen molar-refractivity contribution >= 4 is 5.97 Å². The van der Waals surface area contributed by atoms with E-state index in [1.54, 1.807) is 13.8 Å². The van der Waals surface area contributed by atoms with Crippen LogP contribution in [0.5, 0.6) is 0 Å². The quantitative estimate of drug-likeness (QED) is 0.659. The van der Waals surface area contributed by atoms with Crippen molar-refractivity contribution in [1.29, 1.82) is 0 Å². The van der Waals surface area contributed by atoms with Crippen LogP contribution in [0.4, 0.5) is 0 Å². The van der Waals surface area contributed by atoms with Crippen molar-refractivity contribution in [2.45, 2.75) is 45.2 Å². The summed E-state index contributed by atoms with van der Waals surface area (Å²) < 4.78 is 4.91. The monoisotopic (exact) mass is 187 g/mol. The summed E-state index contributed by atoms with van der Waals surface area (Å²) in [7, 11) is 0. The Labute approximate surface area is 78.4 Å². The van der Waals surface area contributed by atoms with E-state index in [0.29, 0.717) is 13.0 Å². The molecule has 0 unspecified atom stereocenters. The van der Waals surface area contributed by atoms with Crippen LogP contribution in [-0.2, 0) is 9.53 Å². The zero-order chi connectivity index (χ0) is 10.1. The van der Waals surface area contributed by atoms with E-state index in [-0.39, 0.29) is 12.0 Å². The van der Waals surface area contributed by atoms with Gasteiger partial charge in [-0.3, -0.25) is 0 Å². The zero-order valence-corrected chi connectivity index (χ0v) is 8.41. The minimum absolute atomic E-state index is 0.0365. The molecule has 0 amide bonds. The van der Waals surface area contributed by atoms with Gasteiger partial charge in [-0.15, -0.1) is 0 Å². The molecule has 0 bridgehead atoms. The van der Waals surface area contributed by atoms with Gasteiger partial charge in [0.15, 0.2) is 0 Å². The Hall–Kier alpha value is -0.610. The van der Waals surface area contributed by atoms with Crippen LogP contribution < -0.4 is 0 Å². The molecule has 76 valence electrons. The summed E-state index contributed by atoms with van der Waals surface area (Å²) in [5.41, 5.74) is -0.838. The third-order valence-electron chi connectivity index (χ3n) is 2.69. The predicted molar refractivity (Wildman–Crippen MR) is 47.4 cm³/mol. The van der Waals surface area contributed by atoms with Crippen LogP contribution in [0.3, 0.4) is 0 Å². The van der Waals surface area contributed by atoms with E-state index >= 15 is 0 Å². The van der Waals surface area contributed by atoms with Crippen molar-refractivity contribution in [1.82, 2.24) is 5.06 Å². The molecular formula is C9H17NO3. The van der Waals surface area contributed by atoms with Gasteiger partial charge in [0.2, 0.25) is 0 Å². The minimum Gasteiger partial charge on any atom is -0.465 e. The van der Waals surface area contributed by atoms with Gasteiger partial charge in [0.1, 0.15) is 5.54 Å². The van der Waals surface area contributed by atoms with Crippen LogP contribution in [0.15, 0.2) is 0 Å². The van der Waals surface area contributed by atoms with Crippen LogP contribution in [0.25, 0.3) is 0 Å². The number of hydroxylamine groups is 2. The fourth-order valence-electron chi connectivity index (χ4n) is 1.70. The lowest BCUT2D eigenvalue weighted by atomic mass is 10.0. The van der Waals surface area contributed by atoms with Gasteiger partial charge < -0.3 is 9.94 Å². The highest BCUT2D eigenvalue weighted by Gasteiger charge is 2.47. The lowest BCUT2D eigenvalue weighted by molar-refractivity contribution is -0.195. The molecule has 1 aliphatic heterocycles. The van der Waals surface area contributed by atoms with Crippen LogP contribution >= 0.6 is 0 Å². The Bertz CT molecular complexity index is 207. The highest BCUT2D eigenvalue weighted by atomic mass is 16.6. The maximum atomic E-state index is 11.5. The zero-order valence-electron chi connectivity index (χ0n) is 8.41. The van der Waals surface area contributed by atoms with E-state index in [1.165, 1.54) is 0 Å². The number of hydrogen-bond acceptors (Lipinski definition) is 4. The molecule has 2 atom stereocenters. The van der Waals surface area contributed by atoms with Gasteiger partial charge in [0.05, 0.1) is 6.61 Å². The number of esters is 1. The minimum atomic E-state index is -0.838. The summed E-state index contributed by atoms with van der Waals surface area (Å²) in [4.78, 5) is 11.5. The van der Waals surface area contributed by atoms with Gasteiger partial charge in [-0.05, 0) is 33.6 Å². The molecule has 0 aromatic heterocycles. The fourth-order valence-corrected chi connectivity index (χ4v) is 1.70. The van der Waals surface area contributed by atoms with Gasteiger partial charge in [-0.2, -0.15) is 5.06 Å². The Morgan fingerprint density at radius 3 is 2.77 bits per heavy atom. The first-order valence-electron chi connectivity index (χ1n) is 4.67. The van der Waals surface area contributed by atoms with E-state index in [0.717, 1.165) is 11.5 Å². The van der Waals surface area contributed by atoms with E-state index in [9.17, 15) is 10.0 Å². The molecule has 1 heterocycles. The Morgan fingerprint density at radius 1 is 1.77 bits per heavy atom. The smallest absolute Gasteiger partial charge is 0.328 e. The third kappa shape index (κ3) is 1.69. The molecule has 0 saturated carbocycles. The summed E-state index contributed by atoms with van der Waals surface area (Å²) in [6.45, 7) is 5.73. The van der Waals surface area contributed by atoms with Crippen molar-refractivity contribution in [3.63, 3.8) is 0 Å². The Balaban J connectivity index is 2.71. The van der Waals surface area contributed by atoms with Gasteiger partial charge >= 0.3 is 5.97 Å². The molecule has 1 aliphatic rings. The first-order chi connectivity index (χ1) is 6.02. The van der Waals surface area contributed by atoms with E-state index in [2.05, 4.69) is 0 Å².